The van der Waals surface area contributed by atoms with Gasteiger partial charge in [-0.15, -0.1) is 5.10 Å². The average molecular weight is 418 g/mol. The predicted octanol–water partition coefficient (Wildman–Crippen LogP) is 2.96. The van der Waals surface area contributed by atoms with Crippen molar-refractivity contribution in [2.75, 3.05) is 31.6 Å². The summed E-state index contributed by atoms with van der Waals surface area (Å²) in [6.45, 7) is 17.6. The highest BCUT2D eigenvalue weighted by molar-refractivity contribution is 5.57. The number of nitrogens with zero attached hydrogens (tertiary/aromatic N) is 4. The number of morpholine rings is 1. The molecule has 1 aliphatic heterocycles. The van der Waals surface area contributed by atoms with Crippen molar-refractivity contribution in [1.29, 1.82) is 5.26 Å². The fraction of sp³-hybridized carbons (Fsp3) is 0.400. The van der Waals surface area contributed by atoms with E-state index in [9.17, 15) is 5.26 Å². The molecule has 1 aromatic carbocycles. The van der Waals surface area contributed by atoms with Crippen LogP contribution in [-0.2, 0) is 4.74 Å². The van der Waals surface area contributed by atoms with Crippen molar-refractivity contribution in [3.05, 3.63) is 63.3 Å². The molecule has 1 fully saturated rings. The van der Waals surface area contributed by atoms with Gasteiger partial charge in [-0.2, -0.15) is 10.4 Å². The van der Waals surface area contributed by atoms with E-state index in [1.807, 2.05) is 32.0 Å². The molecule has 162 valence electrons. The Morgan fingerprint density at radius 1 is 1.26 bits per heavy atom. The third-order valence-electron chi connectivity index (χ3n) is 5.73. The second-order valence-electron chi connectivity index (χ2n) is 8.16. The smallest absolute Gasteiger partial charge is 0.157 e. The van der Waals surface area contributed by atoms with Crippen LogP contribution in [0.3, 0.4) is 0 Å². The Balaban J connectivity index is 2.08. The maximum Gasteiger partial charge on any atom is 0.157 e. The summed E-state index contributed by atoms with van der Waals surface area (Å²) in [4.78, 5) is 2.24. The van der Waals surface area contributed by atoms with E-state index in [1.165, 1.54) is 5.57 Å². The van der Waals surface area contributed by atoms with Gasteiger partial charge in [0, 0.05) is 29.2 Å². The minimum Gasteiger partial charge on any atom is -0.378 e. The lowest BCUT2D eigenvalue weighted by Gasteiger charge is -2.29. The Morgan fingerprint density at radius 2 is 1.97 bits per heavy atom. The van der Waals surface area contributed by atoms with Crippen LogP contribution in [-0.4, -0.2) is 41.4 Å². The molecule has 0 unspecified atom stereocenters. The van der Waals surface area contributed by atoms with Crippen LogP contribution in [0.4, 0.5) is 5.82 Å². The van der Waals surface area contributed by atoms with E-state index >= 15 is 0 Å². The highest BCUT2D eigenvalue weighted by Crippen LogP contribution is 2.22. The van der Waals surface area contributed by atoms with Crippen LogP contribution in [0.2, 0.25) is 0 Å². The summed E-state index contributed by atoms with van der Waals surface area (Å²) in [5.74, 6) is 0.713. The highest BCUT2D eigenvalue weighted by Gasteiger charge is 2.15. The fourth-order valence-corrected chi connectivity index (χ4v) is 4.06. The molecule has 1 aliphatic rings. The summed E-state index contributed by atoms with van der Waals surface area (Å²) in [7, 11) is 0. The quantitative estimate of drug-likeness (QED) is 0.806. The van der Waals surface area contributed by atoms with E-state index in [1.54, 1.807) is 0 Å². The van der Waals surface area contributed by atoms with E-state index in [0.29, 0.717) is 24.6 Å². The minimum atomic E-state index is -0.0425. The lowest BCUT2D eigenvalue weighted by molar-refractivity contribution is 0.0564. The molecule has 1 atom stereocenters. The largest absolute Gasteiger partial charge is 0.378 e. The number of benzene rings is 1. The lowest BCUT2D eigenvalue weighted by atomic mass is 9.98. The highest BCUT2D eigenvalue weighted by atomic mass is 16.5. The summed E-state index contributed by atoms with van der Waals surface area (Å²) < 4.78 is 5.48. The van der Waals surface area contributed by atoms with E-state index in [2.05, 4.69) is 59.9 Å². The van der Waals surface area contributed by atoms with Crippen LogP contribution >= 0.6 is 0 Å². The Kier molecular flexibility index (Phi) is 7.09. The third kappa shape index (κ3) is 4.95. The molecule has 0 bridgehead atoms. The zero-order valence-electron chi connectivity index (χ0n) is 19.1. The Hall–Kier alpha value is -3.17. The molecular weight excluding hydrogens is 386 g/mol. The minimum absolute atomic E-state index is 0.0425. The first-order valence-corrected chi connectivity index (χ1v) is 10.6. The van der Waals surface area contributed by atoms with Crippen molar-refractivity contribution in [3.8, 4) is 6.07 Å². The van der Waals surface area contributed by atoms with E-state index in [-0.39, 0.29) is 6.04 Å². The Morgan fingerprint density at radius 3 is 2.61 bits per heavy atom. The van der Waals surface area contributed by atoms with Gasteiger partial charge in [-0.25, -0.2) is 0 Å². The van der Waals surface area contributed by atoms with E-state index < -0.39 is 0 Å². The summed E-state index contributed by atoms with van der Waals surface area (Å²) in [5, 5.41) is 23.9. The molecule has 0 saturated carbocycles. The van der Waals surface area contributed by atoms with Gasteiger partial charge in [-0.05, 0) is 57.9 Å². The SMILES string of the molecule is C=C(/C=c1/c(N[C@H](C)c2cccc(C#N)c2C)nnc(C)c1=C(C)C)N1CCOCC1. The van der Waals surface area contributed by atoms with Gasteiger partial charge in [0.05, 0.1) is 36.6 Å². The molecule has 2 heterocycles. The molecule has 1 aromatic heterocycles. The van der Waals surface area contributed by atoms with Crippen LogP contribution in [0.25, 0.3) is 11.6 Å². The van der Waals surface area contributed by atoms with Crippen LogP contribution in [0.1, 0.15) is 49.2 Å². The zero-order chi connectivity index (χ0) is 22.5. The van der Waals surface area contributed by atoms with Gasteiger partial charge in [0.15, 0.2) is 5.82 Å². The molecule has 1 N–H and O–H groups in total. The van der Waals surface area contributed by atoms with Gasteiger partial charge in [0.1, 0.15) is 0 Å². The summed E-state index contributed by atoms with van der Waals surface area (Å²) in [6.07, 6.45) is 2.10. The van der Waals surface area contributed by atoms with Crippen LogP contribution in [0, 0.1) is 25.2 Å². The van der Waals surface area contributed by atoms with Gasteiger partial charge in [-0.1, -0.05) is 24.3 Å². The average Bonchev–Trinajstić information content (AvgIpc) is 2.76. The monoisotopic (exact) mass is 417 g/mol. The second-order valence-corrected chi connectivity index (χ2v) is 8.16. The number of nitrogens with one attached hydrogen (secondary N) is 1. The molecule has 3 rings (SSSR count). The number of aromatic nitrogens is 2. The normalized spacial score (nSPS) is 15.4. The first-order chi connectivity index (χ1) is 14.8. The molecule has 6 heteroatoms. The first-order valence-electron chi connectivity index (χ1n) is 10.6. The molecule has 2 aromatic rings. The predicted molar refractivity (Wildman–Crippen MR) is 125 cm³/mol. The number of ether oxygens (including phenoxy) is 1. The lowest BCUT2D eigenvalue weighted by Crippen LogP contribution is -2.38. The maximum absolute atomic E-state index is 9.39. The molecule has 0 spiro atoms. The number of anilines is 1. The number of hydrogen-bond acceptors (Lipinski definition) is 6. The van der Waals surface area contributed by atoms with Crippen molar-refractivity contribution < 1.29 is 4.74 Å². The van der Waals surface area contributed by atoms with Crippen LogP contribution in [0.5, 0.6) is 0 Å². The molecular formula is C25H31N5O. The van der Waals surface area contributed by atoms with E-state index in [4.69, 9.17) is 4.74 Å². The van der Waals surface area contributed by atoms with Crippen molar-refractivity contribution in [3.63, 3.8) is 0 Å². The Labute approximate surface area is 184 Å². The van der Waals surface area contributed by atoms with Gasteiger partial charge in [0.25, 0.3) is 0 Å². The van der Waals surface area contributed by atoms with Gasteiger partial charge >= 0.3 is 0 Å². The fourth-order valence-electron chi connectivity index (χ4n) is 4.06. The number of aryl methyl sites for hydroxylation is 1. The Bertz CT molecular complexity index is 1140. The number of nitriles is 1. The molecule has 0 amide bonds. The summed E-state index contributed by atoms with van der Waals surface area (Å²) in [6, 6.07) is 8.03. The van der Waals surface area contributed by atoms with Gasteiger partial charge in [0.2, 0.25) is 0 Å². The van der Waals surface area contributed by atoms with Gasteiger partial charge in [-0.3, -0.25) is 0 Å². The van der Waals surface area contributed by atoms with Crippen molar-refractivity contribution >= 4 is 17.5 Å². The van der Waals surface area contributed by atoms with Crippen LogP contribution in [0.15, 0.2) is 30.5 Å². The topological polar surface area (TPSA) is 74.1 Å². The van der Waals surface area contributed by atoms with Crippen LogP contribution < -0.4 is 15.8 Å². The number of allylic oxidation sites excluding steroid dienone is 1. The summed E-state index contributed by atoms with van der Waals surface area (Å²) >= 11 is 0. The molecule has 31 heavy (non-hydrogen) atoms. The summed E-state index contributed by atoms with van der Waals surface area (Å²) in [5.41, 5.74) is 5.74. The van der Waals surface area contributed by atoms with Crippen molar-refractivity contribution in [2.45, 2.75) is 40.7 Å². The number of hydrogen-bond donors (Lipinski definition) is 1. The maximum atomic E-state index is 9.39. The number of rotatable bonds is 5. The zero-order valence-corrected chi connectivity index (χ0v) is 19.1. The molecule has 1 saturated heterocycles. The van der Waals surface area contributed by atoms with Crippen molar-refractivity contribution in [2.24, 2.45) is 0 Å². The standard InChI is InChI=1S/C25H31N5O/c1-16(2)24-20(6)28-29-25(23(24)14-17(3)30-10-12-31-13-11-30)27-19(5)22-9-7-8-21(15-26)18(22)4/h7-9,14,19H,3,10-13H2,1-2,4-6H3,(H,27,29)/b23-14+/t19-/m1/s1. The first kappa shape index (κ1) is 22.5. The van der Waals surface area contributed by atoms with E-state index in [0.717, 1.165) is 46.0 Å². The van der Waals surface area contributed by atoms with Crippen molar-refractivity contribution in [1.82, 2.24) is 15.1 Å². The molecule has 0 radical (unpaired) electrons. The third-order valence-corrected chi connectivity index (χ3v) is 5.73. The second kappa shape index (κ2) is 9.76. The van der Waals surface area contributed by atoms with Gasteiger partial charge < -0.3 is 15.0 Å². The molecule has 0 aliphatic carbocycles. The molecule has 6 nitrogen and oxygen atoms in total.